The molecule has 0 saturated carbocycles. The minimum atomic E-state index is -0.914. The van der Waals surface area contributed by atoms with Crippen molar-refractivity contribution in [2.45, 2.75) is 20.0 Å². The largest absolute Gasteiger partial charge is 0.489 e. The molecule has 0 aliphatic rings. The summed E-state index contributed by atoms with van der Waals surface area (Å²) in [6.45, 7) is 3.80. The Kier molecular flexibility index (Phi) is 4.08. The van der Waals surface area contributed by atoms with E-state index in [0.717, 1.165) is 12.1 Å². The summed E-state index contributed by atoms with van der Waals surface area (Å²) in [5, 5.41) is 2.94. The van der Waals surface area contributed by atoms with Crippen molar-refractivity contribution in [3.8, 4) is 5.75 Å². The highest BCUT2D eigenvalue weighted by atomic mass is 19.2. The van der Waals surface area contributed by atoms with Gasteiger partial charge in [-0.25, -0.2) is 8.78 Å². The lowest BCUT2D eigenvalue weighted by atomic mass is 10.2. The molecule has 2 aromatic carbocycles. The normalized spacial score (nSPS) is 10.7. The molecule has 2 aromatic rings. The van der Waals surface area contributed by atoms with Gasteiger partial charge in [-0.1, -0.05) is 6.07 Å². The topological polar surface area (TPSA) is 47.3 Å². The van der Waals surface area contributed by atoms with Crippen molar-refractivity contribution in [2.24, 2.45) is 0 Å². The Labute approximate surface area is 116 Å². The van der Waals surface area contributed by atoms with Gasteiger partial charge in [-0.05, 0) is 38.1 Å². The highest BCUT2D eigenvalue weighted by Gasteiger charge is 2.09. The second kappa shape index (κ2) is 5.77. The molecule has 0 aliphatic carbocycles. The molecule has 0 aromatic heterocycles. The third kappa shape index (κ3) is 3.17. The van der Waals surface area contributed by atoms with Crippen LogP contribution in [-0.2, 0) is 0 Å². The zero-order chi connectivity index (χ0) is 14.7. The number of halogens is 2. The summed E-state index contributed by atoms with van der Waals surface area (Å²) in [4.78, 5) is 0. The van der Waals surface area contributed by atoms with Gasteiger partial charge in [0.1, 0.15) is 5.75 Å². The number of nitrogen functional groups attached to an aromatic ring is 1. The van der Waals surface area contributed by atoms with Gasteiger partial charge in [-0.2, -0.15) is 0 Å². The zero-order valence-corrected chi connectivity index (χ0v) is 11.3. The second-order valence-corrected chi connectivity index (χ2v) is 4.64. The van der Waals surface area contributed by atoms with E-state index in [-0.39, 0.29) is 6.10 Å². The minimum absolute atomic E-state index is 0.00387. The van der Waals surface area contributed by atoms with Gasteiger partial charge in [0.15, 0.2) is 11.6 Å². The fraction of sp³-hybridized carbons (Fsp3) is 0.200. The fourth-order valence-electron chi connectivity index (χ4n) is 1.74. The highest BCUT2D eigenvalue weighted by Crippen LogP contribution is 2.32. The van der Waals surface area contributed by atoms with Crippen LogP contribution in [0.5, 0.6) is 5.75 Å². The van der Waals surface area contributed by atoms with Crippen LogP contribution in [0.15, 0.2) is 36.4 Å². The summed E-state index contributed by atoms with van der Waals surface area (Å²) in [6, 6.07) is 8.84. The van der Waals surface area contributed by atoms with Gasteiger partial charge in [-0.15, -0.1) is 0 Å². The Bertz CT molecular complexity index is 615. The molecule has 20 heavy (non-hydrogen) atoms. The van der Waals surface area contributed by atoms with Crippen LogP contribution in [0.1, 0.15) is 13.8 Å². The molecule has 0 amide bonds. The SMILES string of the molecule is CC(C)Oc1cccc(Nc2ccc(F)c(F)c2)c1N. The quantitative estimate of drug-likeness (QED) is 0.828. The Hall–Kier alpha value is -2.30. The molecule has 0 spiro atoms. The first-order valence-electron chi connectivity index (χ1n) is 6.24. The van der Waals surface area contributed by atoms with Crippen LogP contribution < -0.4 is 15.8 Å². The highest BCUT2D eigenvalue weighted by molar-refractivity contribution is 5.77. The fourth-order valence-corrected chi connectivity index (χ4v) is 1.74. The van der Waals surface area contributed by atoms with Gasteiger partial charge in [0, 0.05) is 11.8 Å². The average molecular weight is 278 g/mol. The monoisotopic (exact) mass is 278 g/mol. The van der Waals surface area contributed by atoms with Crippen molar-refractivity contribution in [3.05, 3.63) is 48.0 Å². The van der Waals surface area contributed by atoms with Crippen molar-refractivity contribution in [1.82, 2.24) is 0 Å². The van der Waals surface area contributed by atoms with Crippen molar-refractivity contribution >= 4 is 17.1 Å². The summed E-state index contributed by atoms with van der Waals surface area (Å²) in [7, 11) is 0. The number of hydrogen-bond donors (Lipinski definition) is 2. The van der Waals surface area contributed by atoms with Crippen molar-refractivity contribution in [3.63, 3.8) is 0 Å². The number of hydrogen-bond acceptors (Lipinski definition) is 3. The molecular formula is C15H16F2N2O. The average Bonchev–Trinajstić information content (AvgIpc) is 2.38. The van der Waals surface area contributed by atoms with E-state index < -0.39 is 11.6 Å². The molecule has 0 bridgehead atoms. The van der Waals surface area contributed by atoms with Crippen LogP contribution in [0.2, 0.25) is 0 Å². The van der Waals surface area contributed by atoms with E-state index in [1.54, 1.807) is 18.2 Å². The number of ether oxygens (including phenoxy) is 1. The number of anilines is 3. The molecule has 106 valence electrons. The van der Waals surface area contributed by atoms with Crippen LogP contribution >= 0.6 is 0 Å². The summed E-state index contributed by atoms with van der Waals surface area (Å²) in [6.07, 6.45) is -0.00387. The molecule has 0 unspecified atom stereocenters. The van der Waals surface area contributed by atoms with Crippen molar-refractivity contribution in [1.29, 1.82) is 0 Å². The van der Waals surface area contributed by atoms with Crippen molar-refractivity contribution < 1.29 is 13.5 Å². The summed E-state index contributed by atoms with van der Waals surface area (Å²) < 4.78 is 31.6. The van der Waals surface area contributed by atoms with Crippen LogP contribution in [0.25, 0.3) is 0 Å². The van der Waals surface area contributed by atoms with Gasteiger partial charge in [0.2, 0.25) is 0 Å². The van der Waals surface area contributed by atoms with E-state index in [4.69, 9.17) is 10.5 Å². The van der Waals surface area contributed by atoms with E-state index in [0.29, 0.717) is 22.8 Å². The van der Waals surface area contributed by atoms with Crippen LogP contribution in [0, 0.1) is 11.6 Å². The molecule has 0 saturated heterocycles. The lowest BCUT2D eigenvalue weighted by Crippen LogP contribution is -2.08. The predicted molar refractivity (Wildman–Crippen MR) is 76.3 cm³/mol. The summed E-state index contributed by atoms with van der Waals surface area (Å²) >= 11 is 0. The molecule has 0 radical (unpaired) electrons. The molecule has 2 rings (SSSR count). The Morgan fingerprint density at radius 1 is 1.10 bits per heavy atom. The summed E-state index contributed by atoms with van der Waals surface area (Å²) in [5.41, 5.74) is 7.41. The maximum atomic E-state index is 13.2. The first-order chi connectivity index (χ1) is 9.47. The molecule has 3 nitrogen and oxygen atoms in total. The molecule has 3 N–H and O–H groups in total. The van der Waals surface area contributed by atoms with Crippen molar-refractivity contribution in [2.75, 3.05) is 11.1 Å². The Balaban J connectivity index is 2.27. The van der Waals surface area contributed by atoms with E-state index in [1.165, 1.54) is 6.07 Å². The molecule has 5 heteroatoms. The second-order valence-electron chi connectivity index (χ2n) is 4.64. The first kappa shape index (κ1) is 14.1. The molecule has 0 fully saturated rings. The number of rotatable bonds is 4. The Morgan fingerprint density at radius 2 is 1.85 bits per heavy atom. The van der Waals surface area contributed by atoms with E-state index >= 15 is 0 Å². The van der Waals surface area contributed by atoms with Crippen LogP contribution in [0.3, 0.4) is 0 Å². The number of benzene rings is 2. The molecule has 0 aliphatic heterocycles. The van der Waals surface area contributed by atoms with E-state index in [9.17, 15) is 8.78 Å². The van der Waals surface area contributed by atoms with Gasteiger partial charge < -0.3 is 15.8 Å². The zero-order valence-electron chi connectivity index (χ0n) is 11.3. The maximum absolute atomic E-state index is 13.2. The van der Waals surface area contributed by atoms with E-state index in [2.05, 4.69) is 5.32 Å². The van der Waals surface area contributed by atoms with Gasteiger partial charge in [-0.3, -0.25) is 0 Å². The first-order valence-corrected chi connectivity index (χ1v) is 6.24. The third-order valence-corrected chi connectivity index (χ3v) is 2.63. The predicted octanol–water partition coefficient (Wildman–Crippen LogP) is 4.08. The summed E-state index contributed by atoms with van der Waals surface area (Å²) in [5.74, 6) is -1.25. The van der Waals surface area contributed by atoms with Crippen LogP contribution in [-0.4, -0.2) is 6.10 Å². The third-order valence-electron chi connectivity index (χ3n) is 2.63. The lowest BCUT2D eigenvalue weighted by Gasteiger charge is -2.15. The maximum Gasteiger partial charge on any atom is 0.160 e. The molecule has 0 atom stereocenters. The van der Waals surface area contributed by atoms with Gasteiger partial charge >= 0.3 is 0 Å². The van der Waals surface area contributed by atoms with Gasteiger partial charge in [0.05, 0.1) is 17.5 Å². The standard InChI is InChI=1S/C15H16F2N2O/c1-9(2)20-14-5-3-4-13(15(14)18)19-10-6-7-11(16)12(17)8-10/h3-9,19H,18H2,1-2H3. The molecular weight excluding hydrogens is 262 g/mol. The number of nitrogens with two attached hydrogens (primary N) is 1. The van der Waals surface area contributed by atoms with Gasteiger partial charge in [0.25, 0.3) is 0 Å². The smallest absolute Gasteiger partial charge is 0.160 e. The Morgan fingerprint density at radius 3 is 2.50 bits per heavy atom. The van der Waals surface area contributed by atoms with E-state index in [1.807, 2.05) is 13.8 Å². The number of para-hydroxylation sites is 1. The lowest BCUT2D eigenvalue weighted by molar-refractivity contribution is 0.244. The minimum Gasteiger partial charge on any atom is -0.489 e. The van der Waals surface area contributed by atoms with Crippen LogP contribution in [0.4, 0.5) is 25.8 Å². The number of nitrogens with one attached hydrogen (secondary N) is 1. The molecule has 0 heterocycles.